The Labute approximate surface area is 111 Å². The molecule has 0 radical (unpaired) electrons. The van der Waals surface area contributed by atoms with Crippen molar-refractivity contribution in [1.29, 1.82) is 0 Å². The van der Waals surface area contributed by atoms with Crippen molar-refractivity contribution in [1.82, 2.24) is 0 Å². The minimum absolute atomic E-state index is 0.314. The van der Waals surface area contributed by atoms with Gasteiger partial charge in [-0.05, 0) is 38.2 Å². The first-order chi connectivity index (χ1) is 8.83. The molecule has 0 fully saturated rings. The van der Waals surface area contributed by atoms with Crippen LogP contribution in [0.15, 0.2) is 30.3 Å². The van der Waals surface area contributed by atoms with Gasteiger partial charge in [0.15, 0.2) is 0 Å². The molecule has 0 aliphatic rings. The number of unbranched alkanes of at least 4 members (excludes halogenated alkanes) is 3. The molecule has 0 aromatic heterocycles. The monoisotopic (exact) mass is 250 g/mol. The Morgan fingerprint density at radius 2 is 1.78 bits per heavy atom. The summed E-state index contributed by atoms with van der Waals surface area (Å²) < 4.78 is 5.78. The predicted octanol–water partition coefficient (Wildman–Crippen LogP) is 3.58. The maximum Gasteiger partial charge on any atom is 0.0550 e. The van der Waals surface area contributed by atoms with Crippen molar-refractivity contribution in [3.05, 3.63) is 35.9 Å². The van der Waals surface area contributed by atoms with E-state index >= 15 is 0 Å². The number of aryl methyl sites for hydroxylation is 1. The van der Waals surface area contributed by atoms with Gasteiger partial charge in [0.2, 0.25) is 0 Å². The van der Waals surface area contributed by atoms with Crippen molar-refractivity contribution < 1.29 is 9.84 Å². The lowest BCUT2D eigenvalue weighted by Crippen LogP contribution is -2.10. The number of benzene rings is 1. The van der Waals surface area contributed by atoms with Crippen LogP contribution in [0, 0.1) is 0 Å². The third-order valence-electron chi connectivity index (χ3n) is 3.14. The minimum Gasteiger partial charge on any atom is -0.396 e. The van der Waals surface area contributed by atoms with Crippen molar-refractivity contribution in [3.63, 3.8) is 0 Å². The van der Waals surface area contributed by atoms with Gasteiger partial charge in [0.25, 0.3) is 0 Å². The number of aliphatic hydroxyl groups excluding tert-OH is 1. The van der Waals surface area contributed by atoms with E-state index in [2.05, 4.69) is 37.3 Å². The molecule has 0 amide bonds. The molecule has 1 aromatic carbocycles. The molecule has 0 aliphatic carbocycles. The highest BCUT2D eigenvalue weighted by molar-refractivity contribution is 5.14. The normalized spacial score (nSPS) is 12.6. The van der Waals surface area contributed by atoms with Gasteiger partial charge in [0.1, 0.15) is 0 Å². The molecule has 1 aromatic rings. The van der Waals surface area contributed by atoms with Crippen molar-refractivity contribution >= 4 is 0 Å². The summed E-state index contributed by atoms with van der Waals surface area (Å²) in [7, 11) is 0. The lowest BCUT2D eigenvalue weighted by atomic mass is 10.1. The zero-order valence-corrected chi connectivity index (χ0v) is 11.5. The van der Waals surface area contributed by atoms with Crippen LogP contribution in [0.3, 0.4) is 0 Å². The lowest BCUT2D eigenvalue weighted by molar-refractivity contribution is 0.0575. The standard InChI is InChI=1S/C16H26O2/c1-15(18-14-8-3-2-7-13-17)11-12-16-9-5-4-6-10-16/h4-6,9-10,15,17H,2-3,7-8,11-14H2,1H3. The first-order valence-corrected chi connectivity index (χ1v) is 7.09. The second-order valence-corrected chi connectivity index (χ2v) is 4.84. The van der Waals surface area contributed by atoms with Gasteiger partial charge in [0.05, 0.1) is 6.10 Å². The van der Waals surface area contributed by atoms with Crippen LogP contribution in [-0.2, 0) is 11.2 Å². The first kappa shape index (κ1) is 15.2. The van der Waals surface area contributed by atoms with E-state index in [1.165, 1.54) is 5.56 Å². The Balaban J connectivity index is 1.99. The van der Waals surface area contributed by atoms with Gasteiger partial charge < -0.3 is 9.84 Å². The molecule has 0 saturated carbocycles. The summed E-state index contributed by atoms with van der Waals surface area (Å²) in [5.41, 5.74) is 1.39. The fourth-order valence-corrected chi connectivity index (χ4v) is 1.95. The Kier molecular flexibility index (Phi) is 8.53. The van der Waals surface area contributed by atoms with Gasteiger partial charge in [0, 0.05) is 13.2 Å². The predicted molar refractivity (Wildman–Crippen MR) is 75.7 cm³/mol. The van der Waals surface area contributed by atoms with Crippen LogP contribution < -0.4 is 0 Å². The zero-order chi connectivity index (χ0) is 13.1. The highest BCUT2D eigenvalue weighted by Crippen LogP contribution is 2.08. The molecule has 0 bridgehead atoms. The Morgan fingerprint density at radius 1 is 1.06 bits per heavy atom. The fraction of sp³-hybridized carbons (Fsp3) is 0.625. The average Bonchev–Trinajstić information content (AvgIpc) is 2.41. The van der Waals surface area contributed by atoms with Crippen LogP contribution >= 0.6 is 0 Å². The maximum absolute atomic E-state index is 8.66. The van der Waals surface area contributed by atoms with Crippen LogP contribution in [-0.4, -0.2) is 24.4 Å². The molecule has 0 heterocycles. The van der Waals surface area contributed by atoms with Gasteiger partial charge in [-0.15, -0.1) is 0 Å². The van der Waals surface area contributed by atoms with E-state index in [-0.39, 0.29) is 0 Å². The van der Waals surface area contributed by atoms with Crippen LogP contribution in [0.4, 0.5) is 0 Å². The molecule has 0 aliphatic heterocycles. The molecule has 0 saturated heterocycles. The third-order valence-corrected chi connectivity index (χ3v) is 3.14. The quantitative estimate of drug-likeness (QED) is 0.643. The van der Waals surface area contributed by atoms with Crippen molar-refractivity contribution in [2.24, 2.45) is 0 Å². The van der Waals surface area contributed by atoms with E-state index in [4.69, 9.17) is 9.84 Å². The third kappa shape index (κ3) is 7.46. The minimum atomic E-state index is 0.314. The van der Waals surface area contributed by atoms with Crippen LogP contribution in [0.5, 0.6) is 0 Å². The highest BCUT2D eigenvalue weighted by atomic mass is 16.5. The van der Waals surface area contributed by atoms with Crippen molar-refractivity contribution in [2.75, 3.05) is 13.2 Å². The molecule has 1 atom stereocenters. The summed E-state index contributed by atoms with van der Waals surface area (Å²) in [6.07, 6.45) is 6.81. The Morgan fingerprint density at radius 3 is 2.50 bits per heavy atom. The summed E-state index contributed by atoms with van der Waals surface area (Å²) >= 11 is 0. The molecule has 1 rings (SSSR count). The maximum atomic E-state index is 8.66. The number of rotatable bonds is 10. The van der Waals surface area contributed by atoms with E-state index < -0.39 is 0 Å². The molecule has 2 nitrogen and oxygen atoms in total. The van der Waals surface area contributed by atoms with E-state index in [9.17, 15) is 0 Å². The molecule has 102 valence electrons. The Hall–Kier alpha value is -0.860. The van der Waals surface area contributed by atoms with E-state index in [1.807, 2.05) is 0 Å². The SMILES string of the molecule is CC(CCc1ccccc1)OCCCCCCO. The number of aliphatic hydroxyl groups is 1. The summed E-state index contributed by atoms with van der Waals surface area (Å²) in [5.74, 6) is 0. The fourth-order valence-electron chi connectivity index (χ4n) is 1.95. The van der Waals surface area contributed by atoms with Crippen LogP contribution in [0.2, 0.25) is 0 Å². The van der Waals surface area contributed by atoms with Crippen LogP contribution in [0.1, 0.15) is 44.6 Å². The largest absolute Gasteiger partial charge is 0.396 e. The van der Waals surface area contributed by atoms with Gasteiger partial charge in [-0.2, -0.15) is 0 Å². The average molecular weight is 250 g/mol. The smallest absolute Gasteiger partial charge is 0.0550 e. The summed E-state index contributed by atoms with van der Waals surface area (Å²) in [5, 5.41) is 8.66. The van der Waals surface area contributed by atoms with E-state index in [1.54, 1.807) is 0 Å². The van der Waals surface area contributed by atoms with Crippen molar-refractivity contribution in [3.8, 4) is 0 Å². The van der Waals surface area contributed by atoms with Gasteiger partial charge in [-0.3, -0.25) is 0 Å². The van der Waals surface area contributed by atoms with E-state index in [0.717, 1.165) is 45.1 Å². The second-order valence-electron chi connectivity index (χ2n) is 4.84. The Bertz CT molecular complexity index is 284. The number of hydrogen-bond donors (Lipinski definition) is 1. The van der Waals surface area contributed by atoms with Gasteiger partial charge in [-0.1, -0.05) is 43.2 Å². The number of ether oxygens (including phenoxy) is 1. The highest BCUT2D eigenvalue weighted by Gasteiger charge is 2.02. The first-order valence-electron chi connectivity index (χ1n) is 7.09. The topological polar surface area (TPSA) is 29.5 Å². The molecular formula is C16H26O2. The molecule has 1 unspecified atom stereocenters. The molecule has 0 spiro atoms. The zero-order valence-electron chi connectivity index (χ0n) is 11.5. The molecular weight excluding hydrogens is 224 g/mol. The molecule has 1 N–H and O–H groups in total. The number of hydrogen-bond acceptors (Lipinski definition) is 2. The molecule has 2 heteroatoms. The molecule has 18 heavy (non-hydrogen) atoms. The van der Waals surface area contributed by atoms with Gasteiger partial charge >= 0.3 is 0 Å². The summed E-state index contributed by atoms with van der Waals surface area (Å²) in [6, 6.07) is 10.6. The lowest BCUT2D eigenvalue weighted by Gasteiger charge is -2.12. The van der Waals surface area contributed by atoms with E-state index in [0.29, 0.717) is 12.7 Å². The van der Waals surface area contributed by atoms with Gasteiger partial charge in [-0.25, -0.2) is 0 Å². The van der Waals surface area contributed by atoms with Crippen LogP contribution in [0.25, 0.3) is 0 Å². The van der Waals surface area contributed by atoms with Crippen molar-refractivity contribution in [2.45, 2.75) is 51.6 Å². The summed E-state index contributed by atoms with van der Waals surface area (Å²) in [4.78, 5) is 0. The second kappa shape index (κ2) is 10.1. The summed E-state index contributed by atoms with van der Waals surface area (Å²) in [6.45, 7) is 3.31.